The molecule has 0 spiro atoms. The lowest BCUT2D eigenvalue weighted by atomic mass is 9.97. The molecule has 286 valence electrons. The molecule has 4 atom stereocenters. The van der Waals surface area contributed by atoms with Crippen molar-refractivity contribution in [1.82, 2.24) is 26.3 Å². The first-order valence-corrected chi connectivity index (χ1v) is 18.1. The van der Waals surface area contributed by atoms with Crippen molar-refractivity contribution in [2.24, 2.45) is 22.2 Å². The second-order valence-electron chi connectivity index (χ2n) is 13.4. The number of amides is 5. The lowest BCUT2D eigenvalue weighted by molar-refractivity contribution is -0.134. The van der Waals surface area contributed by atoms with E-state index in [9.17, 15) is 24.0 Å². The fraction of sp³-hybridized carbons (Fsp3) is 0.268. The minimum Gasteiger partial charge on any atom is -0.370 e. The normalized spacial score (nSPS) is 13.2. The first-order chi connectivity index (χ1) is 26.5. The first kappa shape index (κ1) is 39.5. The topological polar surface area (TPSA) is 240 Å². The van der Waals surface area contributed by atoms with E-state index in [1.54, 1.807) is 6.20 Å². The van der Waals surface area contributed by atoms with E-state index in [0.29, 0.717) is 6.42 Å². The highest BCUT2D eigenvalue weighted by Gasteiger charge is 2.31. The molecule has 4 aromatic carbocycles. The molecule has 11 N–H and O–H groups in total. The number of aromatic amines is 1. The fourth-order valence-electron chi connectivity index (χ4n) is 6.54. The molecule has 0 aliphatic heterocycles. The van der Waals surface area contributed by atoms with Crippen molar-refractivity contribution >= 4 is 57.2 Å². The summed E-state index contributed by atoms with van der Waals surface area (Å²) < 4.78 is 0. The van der Waals surface area contributed by atoms with Gasteiger partial charge in [-0.05, 0) is 46.4 Å². The number of guanidine groups is 1. The zero-order chi connectivity index (χ0) is 39.3. The van der Waals surface area contributed by atoms with Gasteiger partial charge in [0.05, 0.1) is 0 Å². The van der Waals surface area contributed by atoms with Crippen LogP contribution in [0.1, 0.15) is 36.5 Å². The summed E-state index contributed by atoms with van der Waals surface area (Å²) >= 11 is 0. The molecule has 0 bridgehead atoms. The number of carbonyl (C=O) groups excluding carboxylic acids is 5. The summed E-state index contributed by atoms with van der Waals surface area (Å²) in [5, 5.41) is 13.9. The van der Waals surface area contributed by atoms with Gasteiger partial charge in [0.25, 0.3) is 0 Å². The van der Waals surface area contributed by atoms with Crippen LogP contribution in [0.2, 0.25) is 0 Å². The maximum Gasteiger partial charge on any atom is 0.243 e. The van der Waals surface area contributed by atoms with E-state index in [0.717, 1.165) is 38.4 Å². The van der Waals surface area contributed by atoms with Crippen LogP contribution in [0, 0.1) is 0 Å². The minimum absolute atomic E-state index is 0.0757. The Kier molecular flexibility index (Phi) is 13.6. The SMILES string of the molecule is CC(=O)N[C@@H](Cc1cccc2ccccc12)C(=O)N[C@H](Cc1ccccc1)C(=O)N[C@@H](CCCN=C(N)N)C(=O)N[C@@H](Cc1c[nH]c2ccccc12)C(N)=O. The van der Waals surface area contributed by atoms with Crippen molar-refractivity contribution in [2.45, 2.75) is 63.2 Å². The average Bonchev–Trinajstić information content (AvgIpc) is 3.57. The Balaban J connectivity index is 1.38. The highest BCUT2D eigenvalue weighted by molar-refractivity contribution is 5.96. The quantitative estimate of drug-likeness (QED) is 0.0376. The summed E-state index contributed by atoms with van der Waals surface area (Å²) in [7, 11) is 0. The molecule has 1 aromatic heterocycles. The van der Waals surface area contributed by atoms with Crippen molar-refractivity contribution < 1.29 is 24.0 Å². The highest BCUT2D eigenvalue weighted by Crippen LogP contribution is 2.21. The van der Waals surface area contributed by atoms with Crippen LogP contribution in [-0.4, -0.2) is 71.2 Å². The van der Waals surface area contributed by atoms with Gasteiger partial charge in [0.2, 0.25) is 29.5 Å². The third-order valence-corrected chi connectivity index (χ3v) is 9.25. The number of hydrogen-bond donors (Lipinski definition) is 8. The van der Waals surface area contributed by atoms with Gasteiger partial charge < -0.3 is 43.5 Å². The minimum atomic E-state index is -1.16. The van der Waals surface area contributed by atoms with Gasteiger partial charge in [-0.15, -0.1) is 0 Å². The van der Waals surface area contributed by atoms with Gasteiger partial charge in [-0.3, -0.25) is 29.0 Å². The molecule has 0 radical (unpaired) electrons. The Morgan fingerprint density at radius 3 is 1.91 bits per heavy atom. The van der Waals surface area contributed by atoms with Gasteiger partial charge >= 0.3 is 0 Å². The Morgan fingerprint density at radius 2 is 1.20 bits per heavy atom. The number of aliphatic imine (C=N–C) groups is 1. The maximum atomic E-state index is 14.2. The number of nitrogens with zero attached hydrogens (tertiary/aromatic N) is 1. The molecule has 0 unspecified atom stereocenters. The molecule has 5 aromatic rings. The average molecular weight is 746 g/mol. The molecule has 1 heterocycles. The number of rotatable bonds is 18. The zero-order valence-corrected chi connectivity index (χ0v) is 30.6. The number of para-hydroxylation sites is 1. The van der Waals surface area contributed by atoms with Crippen LogP contribution in [0.3, 0.4) is 0 Å². The summed E-state index contributed by atoms with van der Waals surface area (Å²) in [4.78, 5) is 74.2. The van der Waals surface area contributed by atoms with Crippen LogP contribution in [-0.2, 0) is 43.2 Å². The van der Waals surface area contributed by atoms with Crippen LogP contribution in [0.15, 0.2) is 108 Å². The van der Waals surface area contributed by atoms with E-state index in [1.165, 1.54) is 6.92 Å². The van der Waals surface area contributed by atoms with Gasteiger partial charge in [0.1, 0.15) is 24.2 Å². The second-order valence-corrected chi connectivity index (χ2v) is 13.4. The Morgan fingerprint density at radius 1 is 0.618 bits per heavy atom. The molecule has 5 rings (SSSR count). The largest absolute Gasteiger partial charge is 0.370 e. The number of aromatic nitrogens is 1. The maximum absolute atomic E-state index is 14.2. The standard InChI is InChI=1S/C41H47N9O5/c1-25(51)47-36(22-28-15-9-14-27-13-5-6-16-30(27)28)40(55)50-35(21-26-11-3-2-4-12-26)39(54)48-33(19-10-20-45-41(43)44)38(53)49-34(37(42)52)23-29-24-46-32-18-8-7-17-31(29)32/h2-9,11-18,24,33-36,46H,10,19-23H2,1H3,(H2,42,52)(H,47,51)(H,48,54)(H,49,53)(H,50,55)(H4,43,44,45)/t33-,34-,35+,36-/m0/s1. The molecule has 0 fully saturated rings. The van der Waals surface area contributed by atoms with Gasteiger partial charge in [0.15, 0.2) is 5.96 Å². The number of nitrogens with one attached hydrogen (secondary N) is 5. The number of hydrogen-bond acceptors (Lipinski definition) is 6. The van der Waals surface area contributed by atoms with Crippen LogP contribution in [0.4, 0.5) is 0 Å². The smallest absolute Gasteiger partial charge is 0.243 e. The van der Waals surface area contributed by atoms with E-state index in [2.05, 4.69) is 31.2 Å². The molecule has 0 saturated carbocycles. The molecular weight excluding hydrogens is 699 g/mol. The highest BCUT2D eigenvalue weighted by atomic mass is 16.2. The first-order valence-electron chi connectivity index (χ1n) is 18.1. The Labute approximate surface area is 318 Å². The molecule has 55 heavy (non-hydrogen) atoms. The van der Waals surface area contributed by atoms with E-state index in [4.69, 9.17) is 17.2 Å². The van der Waals surface area contributed by atoms with Gasteiger partial charge in [-0.2, -0.15) is 0 Å². The third-order valence-electron chi connectivity index (χ3n) is 9.25. The monoisotopic (exact) mass is 745 g/mol. The summed E-state index contributed by atoms with van der Waals surface area (Å²) in [5.41, 5.74) is 20.0. The molecule has 0 saturated heterocycles. The van der Waals surface area contributed by atoms with Crippen molar-refractivity contribution in [3.05, 3.63) is 120 Å². The fourth-order valence-corrected chi connectivity index (χ4v) is 6.54. The van der Waals surface area contributed by atoms with Crippen LogP contribution < -0.4 is 38.5 Å². The van der Waals surface area contributed by atoms with Gasteiger partial charge in [-0.1, -0.05) is 91.0 Å². The summed E-state index contributed by atoms with van der Waals surface area (Å²) in [6.45, 7) is 1.49. The molecule has 14 nitrogen and oxygen atoms in total. The number of H-pyrrole nitrogens is 1. The van der Waals surface area contributed by atoms with E-state index < -0.39 is 53.7 Å². The number of benzene rings is 4. The molecule has 0 aliphatic carbocycles. The number of fused-ring (bicyclic) bond motifs is 2. The van der Waals surface area contributed by atoms with Crippen molar-refractivity contribution in [3.63, 3.8) is 0 Å². The van der Waals surface area contributed by atoms with Crippen molar-refractivity contribution in [1.29, 1.82) is 0 Å². The molecule has 5 amide bonds. The van der Waals surface area contributed by atoms with Crippen molar-refractivity contribution in [3.8, 4) is 0 Å². The number of carbonyl (C=O) groups is 5. The summed E-state index contributed by atoms with van der Waals surface area (Å²) in [5.74, 6) is -3.19. The Hall–Kier alpha value is -6.70. The van der Waals surface area contributed by atoms with Crippen LogP contribution in [0.5, 0.6) is 0 Å². The van der Waals surface area contributed by atoms with Crippen LogP contribution in [0.25, 0.3) is 21.7 Å². The number of nitrogens with two attached hydrogens (primary N) is 3. The zero-order valence-electron chi connectivity index (χ0n) is 30.6. The summed E-state index contributed by atoms with van der Waals surface area (Å²) in [6.07, 6.45) is 2.49. The number of primary amides is 1. The predicted molar refractivity (Wildman–Crippen MR) is 212 cm³/mol. The molecular formula is C41H47N9O5. The molecule has 0 aliphatic rings. The Bertz CT molecular complexity index is 2160. The van der Waals surface area contributed by atoms with E-state index in [1.807, 2.05) is 97.1 Å². The van der Waals surface area contributed by atoms with Crippen LogP contribution >= 0.6 is 0 Å². The second kappa shape index (κ2) is 18.9. The predicted octanol–water partition coefficient (Wildman–Crippen LogP) is 1.85. The van der Waals surface area contributed by atoms with E-state index in [-0.39, 0.29) is 38.2 Å². The molecule has 14 heteroatoms. The third kappa shape index (κ3) is 11.2. The van der Waals surface area contributed by atoms with Gasteiger partial charge in [-0.25, -0.2) is 0 Å². The summed E-state index contributed by atoms with van der Waals surface area (Å²) in [6, 6.07) is 25.6. The lowest BCUT2D eigenvalue weighted by Gasteiger charge is -2.26. The lowest BCUT2D eigenvalue weighted by Crippen LogP contribution is -2.59. The van der Waals surface area contributed by atoms with Crippen molar-refractivity contribution in [2.75, 3.05) is 6.54 Å². The van der Waals surface area contributed by atoms with Gasteiger partial charge in [0, 0.05) is 49.8 Å². The van der Waals surface area contributed by atoms with E-state index >= 15 is 0 Å².